The van der Waals surface area contributed by atoms with Crippen LogP contribution in [0.25, 0.3) is 33.1 Å². The van der Waals surface area contributed by atoms with Gasteiger partial charge in [-0.1, -0.05) is 0 Å². The molecule has 6 aromatic rings. The fraction of sp³-hybridized carbons (Fsp3) is 0.471. The van der Waals surface area contributed by atoms with Crippen molar-refractivity contribution in [1.29, 1.82) is 0 Å². The second-order valence-corrected chi connectivity index (χ2v) is 14.8. The first-order valence-corrected chi connectivity index (χ1v) is 18.1. The van der Waals surface area contributed by atoms with Crippen LogP contribution in [0, 0.1) is 0 Å². The number of nitrogens with zero attached hydrogens (tertiary/aromatic N) is 10. The zero-order valence-corrected chi connectivity index (χ0v) is 30.2. The summed E-state index contributed by atoms with van der Waals surface area (Å²) in [5, 5.41) is 12.1. The van der Waals surface area contributed by atoms with Crippen molar-refractivity contribution in [2.45, 2.75) is 76.0 Å². The standard InChI is InChI=1S/C34H30F8N12O4/c1-14(51-9-3-7-31(35,36)12-51)25-48-28-17-11-18(22-24(58-34(41,42)56-22)21(17)45-29(43)53(28)49-25)44-30-46-20-16(5-6-19-23(20)57-33(39,40)55-19)27-47-26(50-54(27)30)15(2)52-10-4-8-32(37,38)13-52/h5-6,11,14-15H,3-4,7-10,12-13H2,1-2H3,(H2,43,45)(H,44,46). The lowest BCUT2D eigenvalue weighted by molar-refractivity contribution is -0.287. The minimum atomic E-state index is -4.21. The van der Waals surface area contributed by atoms with Crippen LogP contribution in [0.3, 0.4) is 0 Å². The zero-order chi connectivity index (χ0) is 40.7. The lowest BCUT2D eigenvalue weighted by Crippen LogP contribution is -2.43. The average Bonchev–Trinajstić information content (AvgIpc) is 3.93. The molecule has 24 heteroatoms. The SMILES string of the molecule is CC(c1nc2c3cc(Nc4nc5c6c(ccc5c5nc(C(C)N7CCCC(F)(F)C7)nn45)OC(F)(F)O6)c4c(c3nc(N)n2n1)OC(F)(F)O4)N1CCCC(F)(F)C1. The van der Waals surface area contributed by atoms with Crippen molar-refractivity contribution >= 4 is 50.7 Å². The van der Waals surface area contributed by atoms with Crippen LogP contribution in [0.1, 0.15) is 63.3 Å². The normalized spacial score (nSPS) is 22.0. The minimum Gasteiger partial charge on any atom is -0.395 e. The molecule has 4 aliphatic rings. The van der Waals surface area contributed by atoms with Crippen LogP contribution in [0.2, 0.25) is 0 Å². The number of hydrogen-bond acceptors (Lipinski definition) is 14. The Hall–Kier alpha value is -5.78. The second-order valence-electron chi connectivity index (χ2n) is 14.8. The van der Waals surface area contributed by atoms with Crippen LogP contribution in [-0.2, 0) is 0 Å². The monoisotopic (exact) mass is 822 g/mol. The first kappa shape index (κ1) is 36.6. The highest BCUT2D eigenvalue weighted by molar-refractivity contribution is 6.02. The molecule has 2 atom stereocenters. The largest absolute Gasteiger partial charge is 0.586 e. The molecule has 3 N–H and O–H groups in total. The van der Waals surface area contributed by atoms with Crippen LogP contribution >= 0.6 is 0 Å². The molecule has 2 unspecified atom stereocenters. The molecule has 2 fully saturated rings. The summed E-state index contributed by atoms with van der Waals surface area (Å²) in [6.07, 6.45) is -8.34. The number of nitrogens with two attached hydrogens (primary N) is 1. The van der Waals surface area contributed by atoms with Gasteiger partial charge in [-0.25, -0.2) is 37.5 Å². The fourth-order valence-electron chi connectivity index (χ4n) is 7.91. The quantitative estimate of drug-likeness (QED) is 0.177. The van der Waals surface area contributed by atoms with Crippen molar-refractivity contribution < 1.29 is 54.1 Å². The van der Waals surface area contributed by atoms with Crippen molar-refractivity contribution in [3.05, 3.63) is 29.8 Å². The number of fused-ring (bicyclic) bond motifs is 10. The maximum Gasteiger partial charge on any atom is 0.586 e. The molecule has 4 aromatic heterocycles. The number of anilines is 3. The Bertz CT molecular complexity index is 2690. The highest BCUT2D eigenvalue weighted by Crippen LogP contribution is 2.52. The molecule has 4 aliphatic heterocycles. The van der Waals surface area contributed by atoms with Crippen LogP contribution in [0.5, 0.6) is 23.0 Å². The fourth-order valence-corrected chi connectivity index (χ4v) is 7.91. The maximum absolute atomic E-state index is 15.0. The molecule has 10 rings (SSSR count). The van der Waals surface area contributed by atoms with Gasteiger partial charge in [0, 0.05) is 18.2 Å². The van der Waals surface area contributed by atoms with Gasteiger partial charge in [0.15, 0.2) is 40.2 Å². The van der Waals surface area contributed by atoms with Crippen molar-refractivity contribution in [3.63, 3.8) is 0 Å². The molecule has 0 aliphatic carbocycles. The number of aromatic nitrogens is 8. The summed E-state index contributed by atoms with van der Waals surface area (Å²) < 4.78 is 138. The lowest BCUT2D eigenvalue weighted by Gasteiger charge is -2.35. The Morgan fingerprint density at radius 2 is 1.22 bits per heavy atom. The molecule has 0 amide bonds. The predicted octanol–water partition coefficient (Wildman–Crippen LogP) is 6.42. The summed E-state index contributed by atoms with van der Waals surface area (Å²) in [5.41, 5.74) is 5.57. The summed E-state index contributed by atoms with van der Waals surface area (Å²) in [6.45, 7) is 2.86. The molecule has 306 valence electrons. The maximum atomic E-state index is 15.0. The number of ether oxygens (including phenoxy) is 4. The molecule has 8 heterocycles. The second kappa shape index (κ2) is 12.1. The third-order valence-electron chi connectivity index (χ3n) is 10.7. The predicted molar refractivity (Wildman–Crippen MR) is 185 cm³/mol. The smallest absolute Gasteiger partial charge is 0.395 e. The highest BCUT2D eigenvalue weighted by atomic mass is 19.3. The van der Waals surface area contributed by atoms with Crippen LogP contribution < -0.4 is 30.0 Å². The van der Waals surface area contributed by atoms with Gasteiger partial charge in [-0.05, 0) is 58.0 Å². The van der Waals surface area contributed by atoms with Crippen LogP contribution in [0.4, 0.5) is 52.7 Å². The minimum absolute atomic E-state index is 0.00444. The van der Waals surface area contributed by atoms with E-state index in [9.17, 15) is 35.1 Å². The molecule has 16 nitrogen and oxygen atoms in total. The van der Waals surface area contributed by atoms with Crippen LogP contribution in [-0.4, -0.2) is 99.6 Å². The van der Waals surface area contributed by atoms with Gasteiger partial charge in [0.2, 0.25) is 17.6 Å². The topological polar surface area (TPSA) is 168 Å². The summed E-state index contributed by atoms with van der Waals surface area (Å²) in [4.78, 5) is 21.0. The Balaban J connectivity index is 1.14. The van der Waals surface area contributed by atoms with Gasteiger partial charge in [-0.2, -0.15) is 9.03 Å². The summed E-state index contributed by atoms with van der Waals surface area (Å²) in [6, 6.07) is 2.42. The first-order chi connectivity index (χ1) is 27.3. The van der Waals surface area contributed by atoms with Gasteiger partial charge in [0.05, 0.1) is 36.2 Å². The van der Waals surface area contributed by atoms with E-state index in [0.717, 1.165) is 9.03 Å². The van der Waals surface area contributed by atoms with Gasteiger partial charge in [0.1, 0.15) is 11.0 Å². The molecule has 0 saturated carbocycles. The first-order valence-electron chi connectivity index (χ1n) is 18.1. The van der Waals surface area contributed by atoms with E-state index in [1.165, 1.54) is 28.0 Å². The van der Waals surface area contributed by atoms with E-state index in [0.29, 0.717) is 13.1 Å². The number of halogens is 8. The number of piperidine rings is 2. The number of likely N-dealkylation sites (tertiary alicyclic amines) is 2. The molecule has 0 radical (unpaired) electrons. The summed E-state index contributed by atoms with van der Waals surface area (Å²) in [5.74, 6) is -8.27. The van der Waals surface area contributed by atoms with E-state index in [4.69, 9.17) is 19.9 Å². The molecule has 0 spiro atoms. The van der Waals surface area contributed by atoms with E-state index in [1.54, 1.807) is 13.8 Å². The number of nitrogens with one attached hydrogen (secondary N) is 1. The van der Waals surface area contributed by atoms with Gasteiger partial charge >= 0.3 is 12.6 Å². The zero-order valence-electron chi connectivity index (χ0n) is 30.2. The molecule has 58 heavy (non-hydrogen) atoms. The van der Waals surface area contributed by atoms with Gasteiger partial charge in [-0.15, -0.1) is 27.8 Å². The molecule has 2 aromatic carbocycles. The van der Waals surface area contributed by atoms with E-state index >= 15 is 0 Å². The van der Waals surface area contributed by atoms with E-state index in [1.807, 2.05) is 0 Å². The highest BCUT2D eigenvalue weighted by Gasteiger charge is 2.48. The average molecular weight is 823 g/mol. The summed E-state index contributed by atoms with van der Waals surface area (Å²) >= 11 is 0. The molecule has 0 bridgehead atoms. The van der Waals surface area contributed by atoms with Crippen molar-refractivity contribution in [1.82, 2.24) is 49.0 Å². The summed E-state index contributed by atoms with van der Waals surface area (Å²) in [7, 11) is 0. The molecule has 2 saturated heterocycles. The number of benzene rings is 2. The van der Waals surface area contributed by atoms with E-state index in [-0.39, 0.29) is 93.8 Å². The van der Waals surface area contributed by atoms with Crippen molar-refractivity contribution in [3.8, 4) is 23.0 Å². The third-order valence-corrected chi connectivity index (χ3v) is 10.7. The van der Waals surface area contributed by atoms with Gasteiger partial charge in [0.25, 0.3) is 11.8 Å². The Kier molecular flexibility index (Phi) is 7.64. The van der Waals surface area contributed by atoms with Crippen molar-refractivity contribution in [2.24, 2.45) is 0 Å². The third kappa shape index (κ3) is 5.93. The Morgan fingerprint density at radius 3 is 1.86 bits per heavy atom. The molecular formula is C34H30F8N12O4. The Labute approximate surface area is 319 Å². The van der Waals surface area contributed by atoms with Gasteiger partial charge in [-0.3, -0.25) is 9.80 Å². The number of alkyl halides is 8. The van der Waals surface area contributed by atoms with Crippen molar-refractivity contribution in [2.75, 3.05) is 37.2 Å². The van der Waals surface area contributed by atoms with Crippen LogP contribution in [0.15, 0.2) is 18.2 Å². The lowest BCUT2D eigenvalue weighted by atomic mass is 10.1. The van der Waals surface area contributed by atoms with E-state index < -0.39 is 66.9 Å². The van der Waals surface area contributed by atoms with Gasteiger partial charge < -0.3 is 30.0 Å². The molecular weight excluding hydrogens is 792 g/mol. The Morgan fingerprint density at radius 1 is 0.672 bits per heavy atom. The number of nitrogen functional groups attached to an aromatic ring is 1. The number of rotatable bonds is 6. The van der Waals surface area contributed by atoms with E-state index in [2.05, 4.69) is 40.2 Å². The number of hydrogen-bond donors (Lipinski definition) is 2.